The number of imidazole rings is 1. The SMILES string of the molecule is COC1=NC(c2nc3ncc(NS(C)(=O)=O)nc3n2-c2c(O)cccc2OC)=C=C=C1. The van der Waals surface area contributed by atoms with Crippen LogP contribution in [-0.2, 0) is 14.8 Å². The summed E-state index contributed by atoms with van der Waals surface area (Å²) in [5.41, 5.74) is 6.43. The monoisotopic (exact) mass is 440 g/mol. The van der Waals surface area contributed by atoms with Gasteiger partial charge in [0.25, 0.3) is 0 Å². The normalized spacial score (nSPS) is 13.1. The van der Waals surface area contributed by atoms with Crippen LogP contribution in [0.15, 0.2) is 46.9 Å². The van der Waals surface area contributed by atoms with E-state index in [-0.39, 0.29) is 46.0 Å². The van der Waals surface area contributed by atoms with Gasteiger partial charge in [0.2, 0.25) is 15.9 Å². The Kier molecular flexibility index (Phi) is 4.96. The summed E-state index contributed by atoms with van der Waals surface area (Å²) in [4.78, 5) is 17.3. The first-order valence-corrected chi connectivity index (χ1v) is 10.6. The smallest absolute Gasteiger partial charge is 0.231 e. The zero-order valence-corrected chi connectivity index (χ0v) is 17.4. The lowest BCUT2D eigenvalue weighted by atomic mass is 10.2. The first-order chi connectivity index (χ1) is 14.8. The Hall–Kier alpha value is -4.11. The molecule has 0 atom stereocenters. The minimum atomic E-state index is -3.59. The molecule has 0 unspecified atom stereocenters. The summed E-state index contributed by atoms with van der Waals surface area (Å²) in [6.45, 7) is 0. The number of aliphatic imine (C=N–C) groups is 1. The maximum atomic E-state index is 11.6. The highest BCUT2D eigenvalue weighted by Crippen LogP contribution is 2.36. The summed E-state index contributed by atoms with van der Waals surface area (Å²) >= 11 is 0. The number of nitrogens with one attached hydrogen (secondary N) is 1. The Morgan fingerprint density at radius 1 is 1.19 bits per heavy atom. The van der Waals surface area contributed by atoms with E-state index in [0.29, 0.717) is 5.75 Å². The molecule has 0 aliphatic carbocycles. The van der Waals surface area contributed by atoms with E-state index >= 15 is 0 Å². The molecular weight excluding hydrogens is 424 g/mol. The largest absolute Gasteiger partial charge is 0.506 e. The van der Waals surface area contributed by atoms with Gasteiger partial charge in [0.1, 0.15) is 17.2 Å². The van der Waals surface area contributed by atoms with Crippen LogP contribution < -0.4 is 9.46 Å². The van der Waals surface area contributed by atoms with Crippen molar-refractivity contribution in [2.75, 3.05) is 25.2 Å². The lowest BCUT2D eigenvalue weighted by molar-refractivity contribution is 0.405. The second kappa shape index (κ2) is 7.62. The van der Waals surface area contributed by atoms with Crippen molar-refractivity contribution in [2.24, 2.45) is 4.99 Å². The number of hydrogen-bond donors (Lipinski definition) is 2. The number of aromatic hydroxyl groups is 1. The Balaban J connectivity index is 2.08. The Labute approximate surface area is 176 Å². The molecule has 3 aromatic rings. The molecule has 0 bridgehead atoms. The highest BCUT2D eigenvalue weighted by Gasteiger charge is 2.24. The molecule has 31 heavy (non-hydrogen) atoms. The third kappa shape index (κ3) is 3.86. The van der Waals surface area contributed by atoms with E-state index in [1.807, 2.05) is 0 Å². The summed E-state index contributed by atoms with van der Waals surface area (Å²) < 4.78 is 37.6. The standard InChI is InChI=1S/C19H16N6O5S/c1-29-13-8-5-7-12(26)16(13)25-18(11-6-4-9-15(21-11)30-2)23-17-19(25)22-14(10-20-17)24-31(3,27)28/h5,7-10,26H,1-3H3,(H,22,24). The van der Waals surface area contributed by atoms with Gasteiger partial charge in [-0.05, 0) is 17.9 Å². The van der Waals surface area contributed by atoms with Crippen LogP contribution in [0.3, 0.4) is 0 Å². The van der Waals surface area contributed by atoms with Gasteiger partial charge in [-0.3, -0.25) is 9.29 Å². The second-order valence-corrected chi connectivity index (χ2v) is 8.04. The van der Waals surface area contributed by atoms with Gasteiger partial charge in [-0.1, -0.05) is 11.8 Å². The molecule has 0 fully saturated rings. The van der Waals surface area contributed by atoms with Gasteiger partial charge in [-0.2, -0.15) is 0 Å². The van der Waals surface area contributed by atoms with Gasteiger partial charge in [0, 0.05) is 0 Å². The molecule has 11 nitrogen and oxygen atoms in total. The molecule has 4 rings (SSSR count). The molecule has 12 heteroatoms. The molecule has 3 heterocycles. The fourth-order valence-electron chi connectivity index (χ4n) is 2.91. The van der Waals surface area contributed by atoms with Crippen molar-refractivity contribution in [1.29, 1.82) is 0 Å². The van der Waals surface area contributed by atoms with E-state index in [2.05, 4.69) is 36.1 Å². The fraction of sp³-hybridized carbons (Fsp3) is 0.158. The van der Waals surface area contributed by atoms with Gasteiger partial charge in [-0.25, -0.2) is 28.4 Å². The Morgan fingerprint density at radius 3 is 2.71 bits per heavy atom. The Morgan fingerprint density at radius 2 is 2.00 bits per heavy atom. The van der Waals surface area contributed by atoms with Gasteiger partial charge in [0.15, 0.2) is 28.6 Å². The molecule has 0 saturated carbocycles. The highest BCUT2D eigenvalue weighted by atomic mass is 32.2. The number of hydrogen-bond acceptors (Lipinski definition) is 9. The number of ether oxygens (including phenoxy) is 2. The van der Waals surface area contributed by atoms with Crippen molar-refractivity contribution >= 4 is 38.7 Å². The van der Waals surface area contributed by atoms with Crippen molar-refractivity contribution in [3.05, 3.63) is 47.8 Å². The molecular formula is C19H16N6O5S. The number of fused-ring (bicyclic) bond motifs is 1. The molecule has 0 saturated heterocycles. The van der Waals surface area contributed by atoms with Crippen LogP contribution in [0.2, 0.25) is 0 Å². The molecule has 2 aromatic heterocycles. The lowest BCUT2D eigenvalue weighted by Crippen LogP contribution is -2.12. The van der Waals surface area contributed by atoms with Crippen molar-refractivity contribution < 1.29 is 23.0 Å². The molecule has 1 aromatic carbocycles. The van der Waals surface area contributed by atoms with Crippen molar-refractivity contribution in [1.82, 2.24) is 19.5 Å². The third-order valence-corrected chi connectivity index (χ3v) is 4.69. The molecule has 0 amide bonds. The number of anilines is 1. The van der Waals surface area contributed by atoms with E-state index in [4.69, 9.17) is 9.47 Å². The number of aromatic nitrogens is 4. The molecule has 158 valence electrons. The van der Waals surface area contributed by atoms with Crippen LogP contribution in [0.5, 0.6) is 11.5 Å². The maximum absolute atomic E-state index is 11.6. The Bertz CT molecular complexity index is 1440. The van der Waals surface area contributed by atoms with Crippen LogP contribution in [0.1, 0.15) is 5.82 Å². The molecule has 1 aliphatic rings. The van der Waals surface area contributed by atoms with Crippen LogP contribution >= 0.6 is 0 Å². The molecule has 2 N–H and O–H groups in total. The summed E-state index contributed by atoms with van der Waals surface area (Å²) in [7, 11) is -0.688. The second-order valence-electron chi connectivity index (χ2n) is 6.29. The first-order valence-electron chi connectivity index (χ1n) is 8.75. The van der Waals surface area contributed by atoms with E-state index in [1.165, 1.54) is 37.1 Å². The van der Waals surface area contributed by atoms with Gasteiger partial charge < -0.3 is 14.6 Å². The topological polar surface area (TPSA) is 141 Å². The number of sulfonamides is 1. The fourth-order valence-corrected chi connectivity index (χ4v) is 3.39. The van der Waals surface area contributed by atoms with Crippen LogP contribution in [0, 0.1) is 0 Å². The zero-order valence-electron chi connectivity index (χ0n) is 16.6. The summed E-state index contributed by atoms with van der Waals surface area (Å²) in [6.07, 6.45) is 3.74. The average Bonchev–Trinajstić information content (AvgIpc) is 3.10. The van der Waals surface area contributed by atoms with Gasteiger partial charge >= 0.3 is 0 Å². The number of rotatable bonds is 5. The van der Waals surface area contributed by atoms with Crippen molar-refractivity contribution in [3.63, 3.8) is 0 Å². The first kappa shape index (κ1) is 20.2. The molecule has 0 spiro atoms. The van der Waals surface area contributed by atoms with E-state index in [9.17, 15) is 13.5 Å². The number of nitrogens with zero attached hydrogens (tertiary/aromatic N) is 5. The maximum Gasteiger partial charge on any atom is 0.231 e. The number of phenolic OH excluding ortho intramolecular Hbond substituents is 1. The minimum absolute atomic E-state index is 0.0220. The van der Waals surface area contributed by atoms with Gasteiger partial charge in [0.05, 0.1) is 32.7 Å². The predicted molar refractivity (Wildman–Crippen MR) is 113 cm³/mol. The third-order valence-electron chi connectivity index (χ3n) is 4.11. The predicted octanol–water partition coefficient (Wildman–Crippen LogP) is 1.61. The van der Waals surface area contributed by atoms with Crippen molar-refractivity contribution in [3.8, 4) is 17.2 Å². The van der Waals surface area contributed by atoms with Gasteiger partial charge in [-0.15, -0.1) is 0 Å². The van der Waals surface area contributed by atoms with E-state index < -0.39 is 10.0 Å². The number of methoxy groups -OCH3 is 2. The van der Waals surface area contributed by atoms with Crippen LogP contribution in [0.25, 0.3) is 22.7 Å². The van der Waals surface area contributed by atoms with Crippen molar-refractivity contribution in [2.45, 2.75) is 0 Å². The zero-order chi connectivity index (χ0) is 22.2. The highest BCUT2D eigenvalue weighted by molar-refractivity contribution is 7.92. The van der Waals surface area contributed by atoms with Crippen LogP contribution in [0.4, 0.5) is 5.82 Å². The summed E-state index contributed by atoms with van der Waals surface area (Å²) in [5.74, 6) is 0.649. The quantitative estimate of drug-likeness (QED) is 0.570. The molecule has 1 aliphatic heterocycles. The van der Waals surface area contributed by atoms with Crippen LogP contribution in [-0.4, -0.2) is 59.4 Å². The summed E-state index contributed by atoms with van der Waals surface area (Å²) in [6, 6.07) is 4.72. The minimum Gasteiger partial charge on any atom is -0.506 e. The number of phenols is 1. The van der Waals surface area contributed by atoms with E-state index in [1.54, 1.807) is 12.1 Å². The van der Waals surface area contributed by atoms with E-state index in [0.717, 1.165) is 6.26 Å². The number of para-hydroxylation sites is 1. The lowest BCUT2D eigenvalue weighted by Gasteiger charge is -2.14. The average molecular weight is 440 g/mol. The molecule has 0 radical (unpaired) electrons. The summed E-state index contributed by atoms with van der Waals surface area (Å²) in [5, 5.41) is 10.6. The number of benzene rings is 1.